The normalized spacial score (nSPS) is 11.9. The van der Waals surface area contributed by atoms with Gasteiger partial charge in [-0.25, -0.2) is 0 Å². The quantitative estimate of drug-likeness (QED) is 0.265. The minimum atomic E-state index is 0.933. The highest BCUT2D eigenvalue weighted by atomic mass is 32.1. The van der Waals surface area contributed by atoms with E-state index in [4.69, 9.17) is 5.73 Å². The second-order valence-electron chi connectivity index (χ2n) is 8.43. The second kappa shape index (κ2) is 8.33. The number of rotatable bonds is 4. The maximum atomic E-state index is 5.83. The predicted octanol–water partition coefficient (Wildman–Crippen LogP) is 9.03. The number of hydrogen-bond donors (Lipinski definition) is 1. The van der Waals surface area contributed by atoms with Crippen molar-refractivity contribution in [2.24, 2.45) is 5.73 Å². The summed E-state index contributed by atoms with van der Waals surface area (Å²) in [6.45, 7) is 3.91. The van der Waals surface area contributed by atoms with E-state index in [0.29, 0.717) is 0 Å². The monoisotopic (exact) mass is 453 g/mol. The number of benzene rings is 5. The smallest absolute Gasteiger partial charge is 0.0368 e. The van der Waals surface area contributed by atoms with Crippen molar-refractivity contribution >= 4 is 47.9 Å². The molecule has 6 rings (SSSR count). The molecular weight excluding hydrogens is 430 g/mol. The molecule has 5 aromatic carbocycles. The Morgan fingerprint density at radius 2 is 1.41 bits per heavy atom. The van der Waals surface area contributed by atoms with Gasteiger partial charge in [0.15, 0.2) is 0 Å². The molecular formula is C32H23NS. The van der Waals surface area contributed by atoms with Gasteiger partial charge in [-0.2, -0.15) is 0 Å². The van der Waals surface area contributed by atoms with Gasteiger partial charge in [0.2, 0.25) is 0 Å². The first-order chi connectivity index (χ1) is 16.8. The van der Waals surface area contributed by atoms with Crippen LogP contribution in [0.4, 0.5) is 0 Å². The van der Waals surface area contributed by atoms with Crippen LogP contribution in [0.25, 0.3) is 58.8 Å². The largest absolute Gasteiger partial charge is 0.404 e. The first-order valence-electron chi connectivity index (χ1n) is 11.4. The summed E-state index contributed by atoms with van der Waals surface area (Å²) in [5, 5.41) is 5.20. The summed E-state index contributed by atoms with van der Waals surface area (Å²) >= 11 is 1.87. The molecule has 0 aliphatic rings. The highest BCUT2D eigenvalue weighted by Gasteiger charge is 2.14. The Morgan fingerprint density at radius 1 is 0.647 bits per heavy atom. The number of allylic oxidation sites excluding steroid dienone is 2. The van der Waals surface area contributed by atoms with E-state index in [1.165, 1.54) is 53.2 Å². The summed E-state index contributed by atoms with van der Waals surface area (Å²) in [6, 6.07) is 37.1. The van der Waals surface area contributed by atoms with Gasteiger partial charge < -0.3 is 5.73 Å². The van der Waals surface area contributed by atoms with E-state index in [1.54, 1.807) is 12.3 Å². The average molecular weight is 454 g/mol. The van der Waals surface area contributed by atoms with Gasteiger partial charge in [-0.1, -0.05) is 97.6 Å². The van der Waals surface area contributed by atoms with Crippen LogP contribution in [0.15, 0.2) is 122 Å². The molecule has 1 aromatic heterocycles. The zero-order valence-electron chi connectivity index (χ0n) is 18.7. The summed E-state index contributed by atoms with van der Waals surface area (Å²) in [4.78, 5) is 0. The minimum absolute atomic E-state index is 0.933. The van der Waals surface area contributed by atoms with Gasteiger partial charge >= 0.3 is 0 Å². The zero-order chi connectivity index (χ0) is 23.1. The minimum Gasteiger partial charge on any atom is -0.404 e. The molecule has 2 N–H and O–H groups in total. The van der Waals surface area contributed by atoms with Crippen LogP contribution in [-0.2, 0) is 0 Å². The Bertz CT molecular complexity index is 1720. The lowest BCUT2D eigenvalue weighted by atomic mass is 9.93. The lowest BCUT2D eigenvalue weighted by molar-refractivity contribution is 1.55. The van der Waals surface area contributed by atoms with Gasteiger partial charge in [0, 0.05) is 26.4 Å². The lowest BCUT2D eigenvalue weighted by Crippen LogP contribution is -1.88. The van der Waals surface area contributed by atoms with Gasteiger partial charge in [0.1, 0.15) is 0 Å². The number of hydrogen-bond acceptors (Lipinski definition) is 2. The van der Waals surface area contributed by atoms with Crippen molar-refractivity contribution in [3.8, 4) is 22.3 Å². The molecule has 0 amide bonds. The molecule has 0 radical (unpaired) electrons. The van der Waals surface area contributed by atoms with Crippen molar-refractivity contribution in [2.75, 3.05) is 0 Å². The van der Waals surface area contributed by atoms with Crippen molar-refractivity contribution in [1.82, 2.24) is 0 Å². The summed E-state index contributed by atoms with van der Waals surface area (Å²) in [7, 11) is 0. The zero-order valence-corrected chi connectivity index (χ0v) is 19.5. The Labute approximate surface area is 203 Å². The van der Waals surface area contributed by atoms with Crippen LogP contribution in [0.1, 0.15) is 5.56 Å². The molecule has 0 aliphatic carbocycles. The van der Waals surface area contributed by atoms with Crippen molar-refractivity contribution in [3.63, 3.8) is 0 Å². The van der Waals surface area contributed by atoms with E-state index in [0.717, 1.165) is 11.1 Å². The van der Waals surface area contributed by atoms with Gasteiger partial charge in [-0.05, 0) is 62.4 Å². The molecule has 1 nitrogen and oxygen atoms in total. The van der Waals surface area contributed by atoms with Crippen LogP contribution < -0.4 is 5.73 Å². The fourth-order valence-corrected chi connectivity index (χ4v) is 6.04. The Kier molecular flexibility index (Phi) is 5.01. The Balaban J connectivity index is 1.62. The molecule has 1 heterocycles. The fourth-order valence-electron chi connectivity index (χ4n) is 4.84. The summed E-state index contributed by atoms with van der Waals surface area (Å²) < 4.78 is 2.62. The average Bonchev–Trinajstić information content (AvgIpc) is 3.27. The number of nitrogens with two attached hydrogens (primary N) is 1. The first-order valence-corrected chi connectivity index (χ1v) is 12.2. The van der Waals surface area contributed by atoms with Crippen LogP contribution in [-0.4, -0.2) is 0 Å². The Hall–Kier alpha value is -4.14. The van der Waals surface area contributed by atoms with E-state index >= 15 is 0 Å². The van der Waals surface area contributed by atoms with Gasteiger partial charge in [-0.15, -0.1) is 11.3 Å². The predicted molar refractivity (Wildman–Crippen MR) is 150 cm³/mol. The highest BCUT2D eigenvalue weighted by Crippen LogP contribution is 2.43. The maximum absolute atomic E-state index is 5.83. The molecule has 0 fully saturated rings. The van der Waals surface area contributed by atoms with Crippen molar-refractivity contribution in [3.05, 3.63) is 128 Å². The van der Waals surface area contributed by atoms with E-state index in [1.807, 2.05) is 11.3 Å². The van der Waals surface area contributed by atoms with Crippen LogP contribution in [0.5, 0.6) is 0 Å². The van der Waals surface area contributed by atoms with Crippen LogP contribution in [0.3, 0.4) is 0 Å². The van der Waals surface area contributed by atoms with Crippen LogP contribution in [0.2, 0.25) is 0 Å². The molecule has 0 atom stereocenters. The van der Waals surface area contributed by atoms with Gasteiger partial charge in [0.25, 0.3) is 0 Å². The topological polar surface area (TPSA) is 26.0 Å². The van der Waals surface area contributed by atoms with E-state index in [9.17, 15) is 0 Å². The number of thiophene rings is 1. The first kappa shape index (κ1) is 20.5. The SMILES string of the molecule is C=C/C(=C\N)c1cccc(-c2cc3sc4cc(-c5ccccc5)ccc4c3c3ccccc23)c1. The van der Waals surface area contributed by atoms with Gasteiger partial charge in [0.05, 0.1) is 0 Å². The Morgan fingerprint density at radius 3 is 2.21 bits per heavy atom. The lowest BCUT2D eigenvalue weighted by Gasteiger charge is -2.11. The molecule has 0 unspecified atom stereocenters. The van der Waals surface area contributed by atoms with Crippen LogP contribution >= 0.6 is 11.3 Å². The third-order valence-corrected chi connectivity index (χ3v) is 7.59. The molecule has 162 valence electrons. The van der Waals surface area contributed by atoms with Crippen molar-refractivity contribution in [1.29, 1.82) is 0 Å². The summed E-state index contributed by atoms with van der Waals surface area (Å²) in [5.41, 5.74) is 12.8. The van der Waals surface area contributed by atoms with Crippen molar-refractivity contribution in [2.45, 2.75) is 0 Å². The molecule has 0 saturated carbocycles. The molecule has 0 aliphatic heterocycles. The molecule has 0 bridgehead atoms. The molecule has 2 heteroatoms. The third kappa shape index (κ3) is 3.32. The van der Waals surface area contributed by atoms with E-state index in [-0.39, 0.29) is 0 Å². The van der Waals surface area contributed by atoms with Gasteiger partial charge in [-0.3, -0.25) is 0 Å². The fraction of sp³-hybridized carbons (Fsp3) is 0. The highest BCUT2D eigenvalue weighted by molar-refractivity contribution is 7.26. The summed E-state index contributed by atoms with van der Waals surface area (Å²) in [5.74, 6) is 0. The molecule has 6 aromatic rings. The maximum Gasteiger partial charge on any atom is 0.0368 e. The molecule has 0 saturated heterocycles. The molecule has 34 heavy (non-hydrogen) atoms. The molecule has 0 spiro atoms. The number of fused-ring (bicyclic) bond motifs is 5. The standard InChI is InChI=1S/C32H23NS/c1-2-21(20-33)23-11-8-12-25(17-23)29-19-31-32(27-14-7-6-13-26(27)29)28-16-15-24(18-30(28)34-31)22-9-4-3-5-10-22/h2-20H,1,33H2/b21-20+. The van der Waals surface area contributed by atoms with E-state index in [2.05, 4.69) is 110 Å². The van der Waals surface area contributed by atoms with Crippen LogP contribution in [0, 0.1) is 0 Å². The van der Waals surface area contributed by atoms with Crippen molar-refractivity contribution < 1.29 is 0 Å². The third-order valence-electron chi connectivity index (χ3n) is 6.49. The second-order valence-corrected chi connectivity index (χ2v) is 9.51. The summed E-state index contributed by atoms with van der Waals surface area (Å²) in [6.07, 6.45) is 3.42. The van der Waals surface area contributed by atoms with E-state index < -0.39 is 0 Å².